The van der Waals surface area contributed by atoms with E-state index < -0.39 is 0 Å². The first-order chi connectivity index (χ1) is 5.25. The fourth-order valence-corrected chi connectivity index (χ4v) is 0.503. The van der Waals surface area contributed by atoms with E-state index in [2.05, 4.69) is 0 Å². The summed E-state index contributed by atoms with van der Waals surface area (Å²) in [5.41, 5.74) is 6.50. The zero-order chi connectivity index (χ0) is 9.94. The number of hydrogen-bond donors (Lipinski definition) is 2. The predicted octanol–water partition coefficient (Wildman–Crippen LogP) is 1.42. The normalized spacial score (nSPS) is 13.8. The minimum absolute atomic E-state index is 0.0699. The van der Waals surface area contributed by atoms with Crippen LogP contribution in [0.2, 0.25) is 0 Å². The van der Waals surface area contributed by atoms with Gasteiger partial charge in [-0.1, -0.05) is 13.8 Å². The van der Waals surface area contributed by atoms with Gasteiger partial charge in [-0.15, -0.1) is 0 Å². The molecule has 0 aliphatic heterocycles. The molecule has 4 N–H and O–H groups in total. The van der Waals surface area contributed by atoms with E-state index >= 15 is 0 Å². The van der Waals surface area contributed by atoms with Crippen molar-refractivity contribution in [2.45, 2.75) is 40.2 Å². The van der Waals surface area contributed by atoms with Crippen LogP contribution in [0.15, 0.2) is 11.9 Å². The molecule has 0 rings (SSSR count). The van der Waals surface area contributed by atoms with Gasteiger partial charge in [0.2, 0.25) is 0 Å². The first kappa shape index (κ1) is 11.3. The van der Waals surface area contributed by atoms with E-state index in [-0.39, 0.29) is 5.54 Å². The summed E-state index contributed by atoms with van der Waals surface area (Å²) < 4.78 is 0. The average molecular weight is 171 g/mol. The van der Waals surface area contributed by atoms with Gasteiger partial charge in [-0.05, 0) is 26.7 Å². The second-order valence-corrected chi connectivity index (χ2v) is 4.36. The second-order valence-electron chi connectivity index (χ2n) is 4.36. The topological polar surface area (TPSA) is 55.3 Å². The summed E-state index contributed by atoms with van der Waals surface area (Å²) in [6, 6.07) is 0. The van der Waals surface area contributed by atoms with E-state index in [4.69, 9.17) is 11.6 Å². The summed E-state index contributed by atoms with van der Waals surface area (Å²) in [6.45, 7) is 10.2. The Morgan fingerprint density at radius 2 is 1.75 bits per heavy atom. The molecule has 0 atom stereocenters. The summed E-state index contributed by atoms with van der Waals surface area (Å²) in [4.78, 5) is 0. The molecule has 0 aromatic rings. The maximum atomic E-state index is 5.77. The summed E-state index contributed by atoms with van der Waals surface area (Å²) in [5, 5.41) is 1.64. The third-order valence-electron chi connectivity index (χ3n) is 1.73. The Labute approximate surface area is 75.4 Å². The van der Waals surface area contributed by atoms with Crippen molar-refractivity contribution in [3.05, 3.63) is 11.9 Å². The molecular formula is C9H21N3. The van der Waals surface area contributed by atoms with Gasteiger partial charge in [0.15, 0.2) is 0 Å². The summed E-state index contributed by atoms with van der Waals surface area (Å²) >= 11 is 0. The van der Waals surface area contributed by atoms with Crippen molar-refractivity contribution in [3.8, 4) is 0 Å². The third kappa shape index (κ3) is 3.62. The quantitative estimate of drug-likeness (QED) is 0.488. The van der Waals surface area contributed by atoms with Gasteiger partial charge in [0.1, 0.15) is 0 Å². The molecular weight excluding hydrogens is 150 g/mol. The first-order valence-electron chi connectivity index (χ1n) is 4.26. The van der Waals surface area contributed by atoms with Gasteiger partial charge in [-0.2, -0.15) is 0 Å². The molecule has 0 bridgehead atoms. The largest absolute Gasteiger partial charge is 0.401 e. The molecule has 0 aliphatic carbocycles. The van der Waals surface area contributed by atoms with E-state index in [1.54, 1.807) is 11.2 Å². The number of nitrogens with zero attached hydrogens (tertiary/aromatic N) is 1. The fourth-order valence-electron chi connectivity index (χ4n) is 0.503. The third-order valence-corrected chi connectivity index (χ3v) is 1.73. The Morgan fingerprint density at radius 1 is 1.33 bits per heavy atom. The maximum absolute atomic E-state index is 5.77. The molecule has 0 aromatic heterocycles. The fraction of sp³-hybridized carbons (Fsp3) is 0.778. The number of hydrogen-bond acceptors (Lipinski definition) is 3. The first-order valence-corrected chi connectivity index (χ1v) is 4.26. The number of nitrogens with two attached hydrogens (primary N) is 2. The highest BCUT2D eigenvalue weighted by Crippen LogP contribution is 2.11. The Hall–Kier alpha value is -0.700. The van der Waals surface area contributed by atoms with Crippen molar-refractivity contribution in [1.82, 2.24) is 5.01 Å². The summed E-state index contributed by atoms with van der Waals surface area (Å²) in [7, 11) is 0. The van der Waals surface area contributed by atoms with Gasteiger partial charge in [-0.3, -0.25) is 0 Å². The molecule has 0 aromatic carbocycles. The number of allylic oxidation sites excluding steroid dienone is 1. The van der Waals surface area contributed by atoms with Crippen LogP contribution in [0.4, 0.5) is 0 Å². The molecule has 0 unspecified atom stereocenters. The Bertz CT molecular complexity index is 165. The van der Waals surface area contributed by atoms with Gasteiger partial charge >= 0.3 is 0 Å². The maximum Gasteiger partial charge on any atom is 0.0471 e. The SMILES string of the molecule is CC(C)/C(N)=C/N(N)C(C)(C)C. The highest BCUT2D eigenvalue weighted by atomic mass is 15.4. The summed E-state index contributed by atoms with van der Waals surface area (Å²) in [5.74, 6) is 6.11. The lowest BCUT2D eigenvalue weighted by Crippen LogP contribution is -2.43. The van der Waals surface area contributed by atoms with Crippen molar-refractivity contribution in [1.29, 1.82) is 0 Å². The van der Waals surface area contributed by atoms with E-state index in [0.717, 1.165) is 5.70 Å². The van der Waals surface area contributed by atoms with Crippen molar-refractivity contribution >= 4 is 0 Å². The van der Waals surface area contributed by atoms with Crippen LogP contribution in [0.5, 0.6) is 0 Å². The van der Waals surface area contributed by atoms with Crippen LogP contribution in [0.1, 0.15) is 34.6 Å². The number of rotatable bonds is 2. The van der Waals surface area contributed by atoms with Crippen LogP contribution < -0.4 is 11.6 Å². The van der Waals surface area contributed by atoms with E-state index in [9.17, 15) is 0 Å². The van der Waals surface area contributed by atoms with Crippen molar-refractivity contribution in [2.24, 2.45) is 17.5 Å². The predicted molar refractivity (Wildman–Crippen MR) is 52.9 cm³/mol. The zero-order valence-electron chi connectivity index (χ0n) is 8.76. The van der Waals surface area contributed by atoms with Gasteiger partial charge in [-0.25, -0.2) is 5.84 Å². The molecule has 12 heavy (non-hydrogen) atoms. The Balaban J connectivity index is 4.34. The molecule has 0 fully saturated rings. The van der Waals surface area contributed by atoms with Gasteiger partial charge in [0, 0.05) is 17.4 Å². The van der Waals surface area contributed by atoms with Crippen molar-refractivity contribution < 1.29 is 0 Å². The van der Waals surface area contributed by atoms with Gasteiger partial charge < -0.3 is 10.7 Å². The Morgan fingerprint density at radius 3 is 2.00 bits per heavy atom. The van der Waals surface area contributed by atoms with E-state index in [1.807, 2.05) is 34.6 Å². The highest BCUT2D eigenvalue weighted by molar-refractivity contribution is 4.99. The Kier molecular flexibility index (Phi) is 3.58. The lowest BCUT2D eigenvalue weighted by atomic mass is 10.1. The smallest absolute Gasteiger partial charge is 0.0471 e. The van der Waals surface area contributed by atoms with Crippen LogP contribution in [-0.4, -0.2) is 10.5 Å². The van der Waals surface area contributed by atoms with Crippen LogP contribution in [-0.2, 0) is 0 Å². The van der Waals surface area contributed by atoms with Crippen LogP contribution >= 0.6 is 0 Å². The monoisotopic (exact) mass is 171 g/mol. The van der Waals surface area contributed by atoms with Crippen LogP contribution in [0.3, 0.4) is 0 Å². The molecule has 0 saturated carbocycles. The standard InChI is InChI=1S/C9H21N3/c1-7(2)8(10)6-12(11)9(3,4)5/h6-7H,10-11H2,1-5H3/b8-6-. The minimum atomic E-state index is -0.0699. The molecule has 72 valence electrons. The van der Waals surface area contributed by atoms with Crippen LogP contribution in [0, 0.1) is 5.92 Å². The van der Waals surface area contributed by atoms with E-state index in [1.165, 1.54) is 0 Å². The number of hydrazine groups is 1. The van der Waals surface area contributed by atoms with Gasteiger partial charge in [0.05, 0.1) is 0 Å². The minimum Gasteiger partial charge on any atom is -0.401 e. The molecule has 0 aliphatic rings. The van der Waals surface area contributed by atoms with Crippen LogP contribution in [0.25, 0.3) is 0 Å². The molecule has 0 spiro atoms. The van der Waals surface area contributed by atoms with Gasteiger partial charge in [0.25, 0.3) is 0 Å². The average Bonchev–Trinajstić information content (AvgIpc) is 1.85. The molecule has 3 nitrogen and oxygen atoms in total. The summed E-state index contributed by atoms with van der Waals surface area (Å²) in [6.07, 6.45) is 1.80. The molecule has 0 radical (unpaired) electrons. The van der Waals surface area contributed by atoms with Crippen molar-refractivity contribution in [3.63, 3.8) is 0 Å². The van der Waals surface area contributed by atoms with Crippen molar-refractivity contribution in [2.75, 3.05) is 0 Å². The molecule has 3 heteroatoms. The van der Waals surface area contributed by atoms with E-state index in [0.29, 0.717) is 5.92 Å². The molecule has 0 saturated heterocycles. The lowest BCUT2D eigenvalue weighted by Gasteiger charge is -2.30. The molecule has 0 heterocycles. The zero-order valence-corrected chi connectivity index (χ0v) is 8.76. The lowest BCUT2D eigenvalue weighted by molar-refractivity contribution is 0.207. The second kappa shape index (κ2) is 3.81. The highest BCUT2D eigenvalue weighted by Gasteiger charge is 2.15. The molecule has 0 amide bonds.